The Balaban J connectivity index is 1.64. The van der Waals surface area contributed by atoms with Gasteiger partial charge in [0.2, 0.25) is 0 Å². The van der Waals surface area contributed by atoms with E-state index in [0.717, 1.165) is 31.3 Å². The molecule has 0 atom stereocenters. The normalized spacial score (nSPS) is 17.1. The molecule has 19 heavy (non-hydrogen) atoms. The highest BCUT2D eigenvalue weighted by Gasteiger charge is 2.32. The Labute approximate surface area is 111 Å². The van der Waals surface area contributed by atoms with Gasteiger partial charge in [-0.05, 0) is 22.6 Å². The van der Waals surface area contributed by atoms with Gasteiger partial charge in [0.1, 0.15) is 0 Å². The summed E-state index contributed by atoms with van der Waals surface area (Å²) in [5.74, 6) is 0.815. The summed E-state index contributed by atoms with van der Waals surface area (Å²) in [5.41, 5.74) is 1.23. The molecule has 100 valence electrons. The standard InChI is InChI=1S/C13H17N5O/c1-13(9-19-10-13)8-14-7-12-15-16-17-18(12)11-5-3-2-4-6-11/h2-6,14H,7-10H2,1H3. The number of nitrogens with zero attached hydrogens (tertiary/aromatic N) is 4. The zero-order chi connectivity index (χ0) is 13.1. The molecule has 0 unspecified atom stereocenters. The maximum absolute atomic E-state index is 5.23. The SMILES string of the molecule is CC1(CNCc2nnnn2-c2ccccc2)COC1. The number of ether oxygens (including phenoxy) is 1. The highest BCUT2D eigenvalue weighted by atomic mass is 16.5. The van der Waals surface area contributed by atoms with Gasteiger partial charge in [-0.1, -0.05) is 25.1 Å². The predicted octanol–water partition coefficient (Wildman–Crippen LogP) is 0.788. The van der Waals surface area contributed by atoms with Crippen LogP contribution in [0.4, 0.5) is 0 Å². The fourth-order valence-electron chi connectivity index (χ4n) is 2.11. The lowest BCUT2D eigenvalue weighted by molar-refractivity contribution is -0.0992. The average Bonchev–Trinajstić information content (AvgIpc) is 2.86. The Morgan fingerprint density at radius 2 is 2.11 bits per heavy atom. The molecule has 0 spiro atoms. The summed E-state index contributed by atoms with van der Waals surface area (Å²) in [6.45, 7) is 5.42. The van der Waals surface area contributed by atoms with Crippen molar-refractivity contribution in [2.75, 3.05) is 19.8 Å². The van der Waals surface area contributed by atoms with Crippen molar-refractivity contribution in [1.82, 2.24) is 25.5 Å². The molecule has 0 bridgehead atoms. The number of hydrogen-bond acceptors (Lipinski definition) is 5. The van der Waals surface area contributed by atoms with Gasteiger partial charge in [0.15, 0.2) is 5.82 Å². The van der Waals surface area contributed by atoms with Crippen LogP contribution in [-0.4, -0.2) is 40.0 Å². The van der Waals surface area contributed by atoms with Crippen molar-refractivity contribution in [2.24, 2.45) is 5.41 Å². The van der Waals surface area contributed by atoms with Crippen LogP contribution in [0.3, 0.4) is 0 Å². The Bertz CT molecular complexity index is 535. The van der Waals surface area contributed by atoms with Crippen LogP contribution in [0, 0.1) is 5.41 Å². The molecule has 3 rings (SSSR count). The summed E-state index contributed by atoms with van der Waals surface area (Å²) < 4.78 is 6.99. The van der Waals surface area contributed by atoms with Gasteiger partial charge in [-0.15, -0.1) is 5.10 Å². The third kappa shape index (κ3) is 2.64. The maximum Gasteiger partial charge on any atom is 0.170 e. The van der Waals surface area contributed by atoms with Crippen molar-refractivity contribution in [3.8, 4) is 5.69 Å². The highest BCUT2D eigenvalue weighted by Crippen LogP contribution is 2.25. The van der Waals surface area contributed by atoms with Gasteiger partial charge < -0.3 is 10.1 Å². The van der Waals surface area contributed by atoms with Gasteiger partial charge in [-0.2, -0.15) is 4.68 Å². The van der Waals surface area contributed by atoms with Crippen LogP contribution in [-0.2, 0) is 11.3 Å². The number of benzene rings is 1. The minimum Gasteiger partial charge on any atom is -0.380 e. The number of para-hydroxylation sites is 1. The van der Waals surface area contributed by atoms with Gasteiger partial charge in [-0.3, -0.25) is 0 Å². The molecule has 1 aliphatic heterocycles. The second-order valence-corrected chi connectivity index (χ2v) is 5.25. The summed E-state index contributed by atoms with van der Waals surface area (Å²) in [5, 5.41) is 15.2. The quantitative estimate of drug-likeness (QED) is 0.860. The van der Waals surface area contributed by atoms with Gasteiger partial charge in [0.05, 0.1) is 25.4 Å². The molecule has 6 heteroatoms. The molecular weight excluding hydrogens is 242 g/mol. The molecule has 0 aliphatic carbocycles. The van der Waals surface area contributed by atoms with E-state index in [1.54, 1.807) is 4.68 Å². The van der Waals surface area contributed by atoms with E-state index < -0.39 is 0 Å². The summed E-state index contributed by atoms with van der Waals surface area (Å²) in [6.07, 6.45) is 0. The van der Waals surface area contributed by atoms with Crippen LogP contribution < -0.4 is 5.32 Å². The number of hydrogen-bond donors (Lipinski definition) is 1. The van der Waals surface area contributed by atoms with E-state index in [2.05, 4.69) is 27.8 Å². The molecule has 1 aromatic carbocycles. The summed E-state index contributed by atoms with van der Waals surface area (Å²) >= 11 is 0. The zero-order valence-corrected chi connectivity index (χ0v) is 10.9. The van der Waals surface area contributed by atoms with E-state index in [1.165, 1.54) is 0 Å². The fourth-order valence-corrected chi connectivity index (χ4v) is 2.11. The molecule has 1 saturated heterocycles. The first-order valence-electron chi connectivity index (χ1n) is 6.38. The molecule has 1 N–H and O–H groups in total. The van der Waals surface area contributed by atoms with E-state index >= 15 is 0 Å². The first-order valence-corrected chi connectivity index (χ1v) is 6.38. The Morgan fingerprint density at radius 3 is 2.79 bits per heavy atom. The van der Waals surface area contributed by atoms with Crippen molar-refractivity contribution in [2.45, 2.75) is 13.5 Å². The topological polar surface area (TPSA) is 64.9 Å². The summed E-state index contributed by atoms with van der Waals surface area (Å²) in [6, 6.07) is 9.90. The monoisotopic (exact) mass is 259 g/mol. The Morgan fingerprint density at radius 1 is 1.32 bits per heavy atom. The lowest BCUT2D eigenvalue weighted by Gasteiger charge is -2.38. The third-order valence-electron chi connectivity index (χ3n) is 3.27. The molecule has 1 fully saturated rings. The van der Waals surface area contributed by atoms with E-state index in [9.17, 15) is 0 Å². The number of aromatic nitrogens is 4. The van der Waals surface area contributed by atoms with Crippen LogP contribution in [0.1, 0.15) is 12.7 Å². The number of tetrazole rings is 1. The molecule has 2 heterocycles. The van der Waals surface area contributed by atoms with Crippen LogP contribution in [0.2, 0.25) is 0 Å². The lowest BCUT2D eigenvalue weighted by Crippen LogP contribution is -2.47. The zero-order valence-electron chi connectivity index (χ0n) is 10.9. The first-order chi connectivity index (χ1) is 9.27. The highest BCUT2D eigenvalue weighted by molar-refractivity contribution is 5.30. The number of nitrogens with one attached hydrogen (secondary N) is 1. The van der Waals surface area contributed by atoms with Crippen LogP contribution in [0.25, 0.3) is 5.69 Å². The lowest BCUT2D eigenvalue weighted by atomic mass is 9.89. The van der Waals surface area contributed by atoms with Crippen molar-refractivity contribution in [3.05, 3.63) is 36.2 Å². The van der Waals surface area contributed by atoms with Crippen molar-refractivity contribution < 1.29 is 4.74 Å². The van der Waals surface area contributed by atoms with Crippen LogP contribution >= 0.6 is 0 Å². The maximum atomic E-state index is 5.23. The second kappa shape index (κ2) is 5.07. The molecule has 0 saturated carbocycles. The molecule has 2 aromatic rings. The van der Waals surface area contributed by atoms with Crippen molar-refractivity contribution in [1.29, 1.82) is 0 Å². The summed E-state index contributed by atoms with van der Waals surface area (Å²) in [4.78, 5) is 0. The molecule has 1 aromatic heterocycles. The van der Waals surface area contributed by atoms with Gasteiger partial charge in [-0.25, -0.2) is 0 Å². The number of rotatable bonds is 5. The van der Waals surface area contributed by atoms with Crippen LogP contribution in [0.5, 0.6) is 0 Å². The Hall–Kier alpha value is -1.79. The minimum atomic E-state index is 0.255. The van der Waals surface area contributed by atoms with E-state index in [4.69, 9.17) is 4.74 Å². The summed E-state index contributed by atoms with van der Waals surface area (Å²) in [7, 11) is 0. The average molecular weight is 259 g/mol. The largest absolute Gasteiger partial charge is 0.380 e. The third-order valence-corrected chi connectivity index (χ3v) is 3.27. The second-order valence-electron chi connectivity index (χ2n) is 5.25. The molecule has 6 nitrogen and oxygen atoms in total. The van der Waals surface area contributed by atoms with Gasteiger partial charge >= 0.3 is 0 Å². The van der Waals surface area contributed by atoms with Crippen molar-refractivity contribution >= 4 is 0 Å². The molecule has 1 aliphatic rings. The predicted molar refractivity (Wildman–Crippen MR) is 69.8 cm³/mol. The molecule has 0 radical (unpaired) electrons. The molecule has 0 amide bonds. The smallest absolute Gasteiger partial charge is 0.170 e. The van der Waals surface area contributed by atoms with Crippen LogP contribution in [0.15, 0.2) is 30.3 Å². The Kier molecular flexibility index (Phi) is 3.27. The van der Waals surface area contributed by atoms with Gasteiger partial charge in [0, 0.05) is 12.0 Å². The van der Waals surface area contributed by atoms with Crippen molar-refractivity contribution in [3.63, 3.8) is 0 Å². The van der Waals surface area contributed by atoms with Gasteiger partial charge in [0.25, 0.3) is 0 Å². The van der Waals surface area contributed by atoms with E-state index in [0.29, 0.717) is 6.54 Å². The van der Waals surface area contributed by atoms with E-state index in [1.807, 2.05) is 30.3 Å². The minimum absolute atomic E-state index is 0.255. The molecular formula is C13H17N5O. The first kappa shape index (κ1) is 12.3. The fraction of sp³-hybridized carbons (Fsp3) is 0.462. The van der Waals surface area contributed by atoms with E-state index in [-0.39, 0.29) is 5.41 Å².